The predicted molar refractivity (Wildman–Crippen MR) is 127 cm³/mol. The molecule has 0 aromatic heterocycles. The lowest BCUT2D eigenvalue weighted by Crippen LogP contribution is -2.50. The zero-order chi connectivity index (χ0) is 22.7. The molecule has 1 N–H and O–H groups in total. The number of methoxy groups -OCH3 is 1. The Balaban J connectivity index is 1.57. The summed E-state index contributed by atoms with van der Waals surface area (Å²) >= 11 is 0. The van der Waals surface area contributed by atoms with Gasteiger partial charge in [-0.25, -0.2) is 0 Å². The van der Waals surface area contributed by atoms with E-state index in [1.54, 1.807) is 7.11 Å². The molecule has 4 atom stereocenters. The summed E-state index contributed by atoms with van der Waals surface area (Å²) in [4.78, 5) is 16.0. The Hall–Kier alpha value is -2.53. The van der Waals surface area contributed by atoms with Crippen molar-refractivity contribution in [1.29, 1.82) is 0 Å². The molecule has 2 fully saturated rings. The smallest absolute Gasteiger partial charge is 0.228 e. The van der Waals surface area contributed by atoms with Crippen molar-refractivity contribution < 1.29 is 14.3 Å². The van der Waals surface area contributed by atoms with Gasteiger partial charge in [0.25, 0.3) is 0 Å². The Morgan fingerprint density at radius 3 is 2.66 bits per heavy atom. The number of ether oxygens (including phenoxy) is 2. The quantitative estimate of drug-likeness (QED) is 0.731. The highest BCUT2D eigenvalue weighted by Gasteiger charge is 2.48. The molecule has 0 spiro atoms. The van der Waals surface area contributed by atoms with Crippen LogP contribution in [-0.4, -0.2) is 50.2 Å². The van der Waals surface area contributed by atoms with E-state index in [1.807, 2.05) is 19.1 Å². The second kappa shape index (κ2) is 9.53. The molecule has 2 aliphatic heterocycles. The average molecular weight is 437 g/mol. The Labute approximate surface area is 192 Å². The lowest BCUT2D eigenvalue weighted by molar-refractivity contribution is -0.140. The Kier molecular flexibility index (Phi) is 6.75. The molecule has 2 saturated heterocycles. The van der Waals surface area contributed by atoms with Gasteiger partial charge in [-0.1, -0.05) is 49.4 Å². The average Bonchev–Trinajstić information content (AvgIpc) is 3.22. The number of rotatable bonds is 6. The molecule has 0 aliphatic carbocycles. The van der Waals surface area contributed by atoms with E-state index in [0.29, 0.717) is 19.1 Å². The van der Waals surface area contributed by atoms with E-state index < -0.39 is 0 Å². The number of para-hydroxylation sites is 1. The van der Waals surface area contributed by atoms with Crippen LogP contribution < -0.4 is 14.8 Å². The lowest BCUT2D eigenvalue weighted by Gasteiger charge is -2.42. The van der Waals surface area contributed by atoms with E-state index in [9.17, 15) is 4.79 Å². The summed E-state index contributed by atoms with van der Waals surface area (Å²) in [6, 6.07) is 16.9. The van der Waals surface area contributed by atoms with Gasteiger partial charge in [0.2, 0.25) is 5.91 Å². The molecule has 5 heteroatoms. The van der Waals surface area contributed by atoms with Crippen LogP contribution in [-0.2, 0) is 10.2 Å². The maximum atomic E-state index is 13.9. The van der Waals surface area contributed by atoms with Crippen molar-refractivity contribution in [2.45, 2.75) is 51.0 Å². The Bertz CT molecular complexity index is 932. The van der Waals surface area contributed by atoms with Crippen LogP contribution in [0.4, 0.5) is 0 Å². The first-order valence-corrected chi connectivity index (χ1v) is 11.9. The molecule has 2 aliphatic rings. The van der Waals surface area contributed by atoms with E-state index in [0.717, 1.165) is 43.0 Å². The summed E-state index contributed by atoms with van der Waals surface area (Å²) in [6.45, 7) is 9.15. The molecule has 2 aromatic carbocycles. The van der Waals surface area contributed by atoms with Crippen LogP contribution in [0.2, 0.25) is 0 Å². The Morgan fingerprint density at radius 2 is 1.97 bits per heavy atom. The van der Waals surface area contributed by atoms with Gasteiger partial charge >= 0.3 is 0 Å². The molecule has 4 rings (SSSR count). The van der Waals surface area contributed by atoms with Crippen molar-refractivity contribution in [1.82, 2.24) is 10.2 Å². The van der Waals surface area contributed by atoms with Gasteiger partial charge in [-0.3, -0.25) is 4.79 Å². The van der Waals surface area contributed by atoms with Gasteiger partial charge in [0.05, 0.1) is 19.6 Å². The number of benzene rings is 2. The number of amides is 1. The first-order chi connectivity index (χ1) is 15.5. The fraction of sp³-hybridized carbons (Fsp3) is 0.519. The molecule has 32 heavy (non-hydrogen) atoms. The topological polar surface area (TPSA) is 50.8 Å². The van der Waals surface area contributed by atoms with Gasteiger partial charge in [0.15, 0.2) is 11.5 Å². The van der Waals surface area contributed by atoms with Gasteiger partial charge in [0.1, 0.15) is 0 Å². The van der Waals surface area contributed by atoms with E-state index >= 15 is 0 Å². The number of carbonyl (C=O) groups excluding carboxylic acids is 1. The molecule has 0 radical (unpaired) electrons. The van der Waals surface area contributed by atoms with Crippen LogP contribution in [0.1, 0.15) is 50.7 Å². The van der Waals surface area contributed by atoms with E-state index in [2.05, 4.69) is 60.5 Å². The molecule has 2 heterocycles. The number of likely N-dealkylation sites (tertiary alicyclic amines) is 1. The van der Waals surface area contributed by atoms with Crippen LogP contribution in [0.15, 0.2) is 48.5 Å². The van der Waals surface area contributed by atoms with Gasteiger partial charge < -0.3 is 19.7 Å². The van der Waals surface area contributed by atoms with Crippen molar-refractivity contribution in [2.75, 3.05) is 33.4 Å². The van der Waals surface area contributed by atoms with E-state index in [4.69, 9.17) is 9.47 Å². The summed E-state index contributed by atoms with van der Waals surface area (Å²) in [6.07, 6.45) is 2.02. The number of nitrogens with one attached hydrogen (secondary N) is 1. The first kappa shape index (κ1) is 22.7. The van der Waals surface area contributed by atoms with Gasteiger partial charge in [-0.05, 0) is 44.2 Å². The van der Waals surface area contributed by atoms with Crippen molar-refractivity contribution in [3.8, 4) is 11.5 Å². The highest BCUT2D eigenvalue weighted by Crippen LogP contribution is 2.45. The molecular weight excluding hydrogens is 400 g/mol. The first-order valence-electron chi connectivity index (χ1n) is 11.9. The maximum absolute atomic E-state index is 13.9. The fourth-order valence-corrected chi connectivity index (χ4v) is 5.61. The van der Waals surface area contributed by atoms with Crippen molar-refractivity contribution in [2.24, 2.45) is 5.92 Å². The summed E-state index contributed by atoms with van der Waals surface area (Å²) in [5.74, 6) is 2.12. The number of hydrogen-bond donors (Lipinski definition) is 1. The minimum absolute atomic E-state index is 0.135. The van der Waals surface area contributed by atoms with Gasteiger partial charge in [0, 0.05) is 36.7 Å². The number of nitrogens with zero attached hydrogens (tertiary/aromatic N) is 1. The van der Waals surface area contributed by atoms with E-state index in [1.165, 1.54) is 5.56 Å². The number of carbonyl (C=O) groups is 1. The minimum Gasteiger partial charge on any atom is -0.493 e. The second-order valence-corrected chi connectivity index (χ2v) is 9.38. The third kappa shape index (κ3) is 4.11. The van der Waals surface area contributed by atoms with Crippen LogP contribution in [0, 0.1) is 5.92 Å². The predicted octanol–water partition coefficient (Wildman–Crippen LogP) is 4.37. The standard InChI is InChI=1S/C27H36N2O3/c1-5-32-25-22(12-9-13-24(25)31-4)27(3)18-28-17-23(27)26(30)29-15-14-21(16-19(29)2)20-10-7-6-8-11-20/h6-13,19,21,23,28H,5,14-18H2,1-4H3. The zero-order valence-electron chi connectivity index (χ0n) is 19.8. The SMILES string of the molecule is CCOc1c(OC)cccc1C1(C)CNCC1C(=O)N1CCC(c2ccccc2)CC1C. The number of piperidine rings is 1. The number of hydrogen-bond acceptors (Lipinski definition) is 4. The Morgan fingerprint density at radius 1 is 1.19 bits per heavy atom. The monoisotopic (exact) mass is 436 g/mol. The van der Waals surface area contributed by atoms with E-state index in [-0.39, 0.29) is 23.3 Å². The maximum Gasteiger partial charge on any atom is 0.228 e. The highest BCUT2D eigenvalue weighted by molar-refractivity contribution is 5.82. The second-order valence-electron chi connectivity index (χ2n) is 9.38. The molecule has 5 nitrogen and oxygen atoms in total. The van der Waals surface area contributed by atoms with Crippen molar-refractivity contribution in [3.05, 3.63) is 59.7 Å². The van der Waals surface area contributed by atoms with Gasteiger partial charge in [-0.2, -0.15) is 0 Å². The minimum atomic E-state index is -0.355. The molecule has 1 amide bonds. The zero-order valence-corrected chi connectivity index (χ0v) is 19.8. The van der Waals surface area contributed by atoms with Crippen LogP contribution in [0.3, 0.4) is 0 Å². The van der Waals surface area contributed by atoms with Crippen LogP contribution in [0.5, 0.6) is 11.5 Å². The van der Waals surface area contributed by atoms with Crippen LogP contribution >= 0.6 is 0 Å². The molecule has 4 unspecified atom stereocenters. The van der Waals surface area contributed by atoms with Crippen molar-refractivity contribution >= 4 is 5.91 Å². The fourth-order valence-electron chi connectivity index (χ4n) is 5.61. The summed E-state index contributed by atoms with van der Waals surface area (Å²) in [5, 5.41) is 3.49. The summed E-state index contributed by atoms with van der Waals surface area (Å²) in [7, 11) is 1.66. The molecular formula is C27H36N2O3. The molecule has 172 valence electrons. The lowest BCUT2D eigenvalue weighted by atomic mass is 9.72. The summed E-state index contributed by atoms with van der Waals surface area (Å²) in [5.41, 5.74) is 2.08. The summed E-state index contributed by atoms with van der Waals surface area (Å²) < 4.78 is 11.6. The third-order valence-corrected chi connectivity index (χ3v) is 7.44. The molecule has 0 saturated carbocycles. The molecule has 2 aromatic rings. The normalized spacial score (nSPS) is 27.9. The van der Waals surface area contributed by atoms with Crippen LogP contribution in [0.25, 0.3) is 0 Å². The van der Waals surface area contributed by atoms with Gasteiger partial charge in [-0.15, -0.1) is 0 Å². The third-order valence-electron chi connectivity index (χ3n) is 7.44. The highest BCUT2D eigenvalue weighted by atomic mass is 16.5. The largest absolute Gasteiger partial charge is 0.493 e. The molecule has 0 bridgehead atoms. The van der Waals surface area contributed by atoms with Crippen molar-refractivity contribution in [3.63, 3.8) is 0 Å².